The van der Waals surface area contributed by atoms with E-state index < -0.39 is 0 Å². The molecule has 0 radical (unpaired) electrons. The van der Waals surface area contributed by atoms with Crippen molar-refractivity contribution in [1.82, 2.24) is 30.1 Å². The van der Waals surface area contributed by atoms with Crippen molar-refractivity contribution in [3.63, 3.8) is 0 Å². The number of piperidine rings is 1. The van der Waals surface area contributed by atoms with E-state index in [0.717, 1.165) is 57.8 Å². The average molecular weight is 395 g/mol. The first-order chi connectivity index (χ1) is 14.9. The smallest absolute Gasteiger partial charge is 0.139 e. The third-order valence-corrected chi connectivity index (χ3v) is 5.83. The standard InChI is InChI=1S/C23H21N7/c1-2-11-30(12-3-1)20-8-10-25-23-16(20)13-19(27-23)22-21-18(28-29-22)7-6-17(26-21)15-5-4-9-24-14-15/h4-10,13-14H,1-3,11-12H2,(H,25,27)(H,28,29). The van der Waals surface area contributed by atoms with Gasteiger partial charge in [-0.15, -0.1) is 0 Å². The maximum absolute atomic E-state index is 4.88. The molecule has 0 amide bonds. The average Bonchev–Trinajstić information content (AvgIpc) is 3.43. The molecule has 2 N–H and O–H groups in total. The van der Waals surface area contributed by atoms with Gasteiger partial charge in [-0.05, 0) is 55.7 Å². The van der Waals surface area contributed by atoms with Crippen molar-refractivity contribution in [3.8, 4) is 22.6 Å². The minimum atomic E-state index is 0.804. The van der Waals surface area contributed by atoms with E-state index in [2.05, 4.69) is 42.2 Å². The first kappa shape index (κ1) is 17.1. The van der Waals surface area contributed by atoms with Crippen LogP contribution in [0.15, 0.2) is 55.0 Å². The number of H-pyrrole nitrogens is 2. The van der Waals surface area contributed by atoms with Crippen LogP contribution in [0.25, 0.3) is 44.7 Å². The molecule has 1 aliphatic heterocycles. The summed E-state index contributed by atoms with van der Waals surface area (Å²) < 4.78 is 0. The molecule has 5 aromatic heterocycles. The van der Waals surface area contributed by atoms with E-state index in [4.69, 9.17) is 4.98 Å². The number of nitrogens with zero attached hydrogens (tertiary/aromatic N) is 5. The summed E-state index contributed by atoms with van der Waals surface area (Å²) in [5.41, 5.74) is 7.45. The van der Waals surface area contributed by atoms with Crippen molar-refractivity contribution in [2.24, 2.45) is 0 Å². The van der Waals surface area contributed by atoms with Gasteiger partial charge in [0.25, 0.3) is 0 Å². The number of anilines is 1. The Morgan fingerprint density at radius 1 is 0.967 bits per heavy atom. The molecule has 1 fully saturated rings. The van der Waals surface area contributed by atoms with Crippen LogP contribution in [0.2, 0.25) is 0 Å². The topological polar surface area (TPSA) is 86.4 Å². The summed E-state index contributed by atoms with van der Waals surface area (Å²) in [6, 6.07) is 12.2. The highest BCUT2D eigenvalue weighted by Crippen LogP contribution is 2.33. The summed E-state index contributed by atoms with van der Waals surface area (Å²) >= 11 is 0. The molecule has 0 aliphatic carbocycles. The summed E-state index contributed by atoms with van der Waals surface area (Å²) in [4.78, 5) is 19.6. The highest BCUT2D eigenvalue weighted by atomic mass is 15.1. The molecule has 0 bridgehead atoms. The Morgan fingerprint density at radius 2 is 1.90 bits per heavy atom. The van der Waals surface area contributed by atoms with Crippen LogP contribution in [0.4, 0.5) is 5.69 Å². The second-order valence-electron chi connectivity index (χ2n) is 7.73. The molecule has 6 rings (SSSR count). The predicted octanol–water partition coefficient (Wildman–Crippen LogP) is 4.55. The zero-order valence-corrected chi connectivity index (χ0v) is 16.5. The van der Waals surface area contributed by atoms with Crippen molar-refractivity contribution in [3.05, 3.63) is 55.0 Å². The number of fused-ring (bicyclic) bond motifs is 2. The fraction of sp³-hybridized carbons (Fsp3) is 0.217. The van der Waals surface area contributed by atoms with E-state index in [1.54, 1.807) is 6.20 Å². The molecule has 0 saturated carbocycles. The minimum Gasteiger partial charge on any atom is -0.371 e. The molecule has 30 heavy (non-hydrogen) atoms. The molecule has 1 saturated heterocycles. The molecule has 0 spiro atoms. The maximum Gasteiger partial charge on any atom is 0.139 e. The van der Waals surface area contributed by atoms with Gasteiger partial charge in [0.2, 0.25) is 0 Å². The number of pyridine rings is 3. The number of rotatable bonds is 3. The van der Waals surface area contributed by atoms with Crippen molar-refractivity contribution in [2.75, 3.05) is 18.0 Å². The molecule has 148 valence electrons. The molecule has 1 aliphatic rings. The number of aromatic nitrogens is 6. The number of hydrogen-bond acceptors (Lipinski definition) is 5. The van der Waals surface area contributed by atoms with Gasteiger partial charge in [0.1, 0.15) is 16.9 Å². The van der Waals surface area contributed by atoms with Gasteiger partial charge in [0, 0.05) is 48.3 Å². The second-order valence-corrected chi connectivity index (χ2v) is 7.73. The Labute approximate surface area is 173 Å². The van der Waals surface area contributed by atoms with Gasteiger partial charge in [0.15, 0.2) is 0 Å². The van der Waals surface area contributed by atoms with E-state index in [9.17, 15) is 0 Å². The monoisotopic (exact) mass is 395 g/mol. The summed E-state index contributed by atoms with van der Waals surface area (Å²) in [5.74, 6) is 0. The minimum absolute atomic E-state index is 0.804. The summed E-state index contributed by atoms with van der Waals surface area (Å²) in [6.07, 6.45) is 9.27. The first-order valence-corrected chi connectivity index (χ1v) is 10.4. The molecule has 7 heteroatoms. The molecule has 0 aromatic carbocycles. The van der Waals surface area contributed by atoms with Crippen LogP contribution < -0.4 is 4.90 Å². The fourth-order valence-corrected chi connectivity index (χ4v) is 4.31. The van der Waals surface area contributed by atoms with E-state index in [1.165, 1.54) is 24.9 Å². The summed E-state index contributed by atoms with van der Waals surface area (Å²) in [6.45, 7) is 2.20. The Balaban J connectivity index is 1.47. The fourth-order valence-electron chi connectivity index (χ4n) is 4.31. The number of nitrogens with one attached hydrogen (secondary N) is 2. The Morgan fingerprint density at radius 3 is 2.77 bits per heavy atom. The predicted molar refractivity (Wildman–Crippen MR) is 118 cm³/mol. The third kappa shape index (κ3) is 2.82. The Kier molecular flexibility index (Phi) is 3.97. The van der Waals surface area contributed by atoms with Crippen LogP contribution in [-0.2, 0) is 0 Å². The zero-order valence-electron chi connectivity index (χ0n) is 16.5. The van der Waals surface area contributed by atoms with Gasteiger partial charge in [0.05, 0.1) is 16.9 Å². The Bertz CT molecular complexity index is 1330. The van der Waals surface area contributed by atoms with Gasteiger partial charge < -0.3 is 9.88 Å². The summed E-state index contributed by atoms with van der Waals surface area (Å²) in [5, 5.41) is 8.80. The lowest BCUT2D eigenvalue weighted by molar-refractivity contribution is 0.579. The zero-order chi connectivity index (χ0) is 19.9. The highest BCUT2D eigenvalue weighted by Gasteiger charge is 2.18. The van der Waals surface area contributed by atoms with Crippen LogP contribution >= 0.6 is 0 Å². The number of aromatic amines is 2. The van der Waals surface area contributed by atoms with E-state index in [-0.39, 0.29) is 0 Å². The van der Waals surface area contributed by atoms with Crippen molar-refractivity contribution < 1.29 is 0 Å². The van der Waals surface area contributed by atoms with Gasteiger partial charge in [-0.2, -0.15) is 5.10 Å². The van der Waals surface area contributed by atoms with Gasteiger partial charge in [-0.3, -0.25) is 10.1 Å². The third-order valence-electron chi connectivity index (χ3n) is 5.83. The molecule has 6 heterocycles. The van der Waals surface area contributed by atoms with E-state index >= 15 is 0 Å². The molecular weight excluding hydrogens is 374 g/mol. The van der Waals surface area contributed by atoms with Crippen LogP contribution in [0.5, 0.6) is 0 Å². The SMILES string of the molecule is c1cncc(-c2ccc3[nH]nc(-c4cc5c(N6CCCCC6)ccnc5[nH]4)c3n2)c1. The van der Waals surface area contributed by atoms with E-state index in [0.29, 0.717) is 0 Å². The van der Waals surface area contributed by atoms with Gasteiger partial charge >= 0.3 is 0 Å². The van der Waals surface area contributed by atoms with Crippen molar-refractivity contribution in [2.45, 2.75) is 19.3 Å². The van der Waals surface area contributed by atoms with Crippen LogP contribution in [-0.4, -0.2) is 43.2 Å². The number of hydrogen-bond donors (Lipinski definition) is 2. The van der Waals surface area contributed by atoms with Crippen LogP contribution in [0.1, 0.15) is 19.3 Å². The van der Waals surface area contributed by atoms with Gasteiger partial charge in [-0.25, -0.2) is 9.97 Å². The van der Waals surface area contributed by atoms with Crippen LogP contribution in [0.3, 0.4) is 0 Å². The molecule has 7 nitrogen and oxygen atoms in total. The molecule has 0 unspecified atom stereocenters. The lowest BCUT2D eigenvalue weighted by Gasteiger charge is -2.29. The molecular formula is C23H21N7. The normalized spacial score (nSPS) is 14.6. The molecule has 0 atom stereocenters. The van der Waals surface area contributed by atoms with Gasteiger partial charge in [-0.1, -0.05) is 0 Å². The van der Waals surface area contributed by atoms with Crippen LogP contribution in [0, 0.1) is 0 Å². The quantitative estimate of drug-likeness (QED) is 0.468. The Hall–Kier alpha value is -3.74. The second kappa shape index (κ2) is 6.95. The highest BCUT2D eigenvalue weighted by molar-refractivity contribution is 5.97. The van der Waals surface area contributed by atoms with E-state index in [1.807, 2.05) is 36.7 Å². The van der Waals surface area contributed by atoms with Crippen molar-refractivity contribution in [1.29, 1.82) is 0 Å². The maximum atomic E-state index is 4.88. The molecule has 5 aromatic rings. The largest absolute Gasteiger partial charge is 0.371 e. The lowest BCUT2D eigenvalue weighted by atomic mass is 10.1. The lowest BCUT2D eigenvalue weighted by Crippen LogP contribution is -2.29. The summed E-state index contributed by atoms with van der Waals surface area (Å²) in [7, 11) is 0. The first-order valence-electron chi connectivity index (χ1n) is 10.4. The van der Waals surface area contributed by atoms with Crippen molar-refractivity contribution >= 4 is 27.8 Å².